The van der Waals surface area contributed by atoms with Crippen LogP contribution < -0.4 is 5.32 Å². The van der Waals surface area contributed by atoms with Crippen LogP contribution in [0.4, 0.5) is 0 Å². The maximum atomic E-state index is 5.34. The van der Waals surface area contributed by atoms with Crippen LogP contribution in [0.3, 0.4) is 0 Å². The topological polar surface area (TPSA) is 70.0 Å². The predicted molar refractivity (Wildman–Crippen MR) is 87.1 cm³/mol. The Bertz CT molecular complexity index is 586. The summed E-state index contributed by atoms with van der Waals surface area (Å²) in [7, 11) is 1.83. The average molecular weight is 317 g/mol. The molecular formula is C16H23N5O2. The van der Waals surface area contributed by atoms with Crippen molar-refractivity contribution in [3.63, 3.8) is 0 Å². The third-order valence-electron chi connectivity index (χ3n) is 4.00. The molecular weight excluding hydrogens is 294 g/mol. The molecule has 3 rings (SSSR count). The van der Waals surface area contributed by atoms with Crippen LogP contribution in [0, 0.1) is 0 Å². The summed E-state index contributed by atoms with van der Waals surface area (Å²) in [6, 6.07) is 5.83. The van der Waals surface area contributed by atoms with E-state index >= 15 is 0 Å². The average Bonchev–Trinajstić information content (AvgIpc) is 3.26. The summed E-state index contributed by atoms with van der Waals surface area (Å²) < 4.78 is 10.2. The van der Waals surface area contributed by atoms with Gasteiger partial charge in [-0.05, 0) is 12.1 Å². The van der Waals surface area contributed by atoms with E-state index in [1.165, 1.54) is 0 Å². The Morgan fingerprint density at radius 1 is 1.26 bits per heavy atom. The monoisotopic (exact) mass is 317 g/mol. The molecule has 0 bridgehead atoms. The number of hydrogen-bond donors (Lipinski definition) is 1. The maximum Gasteiger partial charge on any atom is 0.193 e. The summed E-state index contributed by atoms with van der Waals surface area (Å²) in [5, 5.41) is 7.38. The van der Waals surface area contributed by atoms with E-state index < -0.39 is 0 Å². The van der Waals surface area contributed by atoms with Gasteiger partial charge in [0.15, 0.2) is 5.96 Å². The van der Waals surface area contributed by atoms with Crippen LogP contribution in [-0.4, -0.2) is 60.7 Å². The lowest BCUT2D eigenvalue weighted by molar-refractivity contribution is 0.169. The number of furan rings is 1. The number of aliphatic imine (C=N–C) groups is 1. The minimum atomic E-state index is 0.819. The summed E-state index contributed by atoms with van der Waals surface area (Å²) in [6.07, 6.45) is 4.19. The molecule has 3 heterocycles. The molecule has 1 aliphatic rings. The molecule has 0 radical (unpaired) electrons. The highest BCUT2D eigenvalue weighted by Gasteiger charge is 2.20. The second kappa shape index (κ2) is 7.82. The molecule has 23 heavy (non-hydrogen) atoms. The molecule has 2 aromatic rings. The van der Waals surface area contributed by atoms with Gasteiger partial charge < -0.3 is 19.2 Å². The van der Waals surface area contributed by atoms with Crippen LogP contribution in [0.15, 0.2) is 44.7 Å². The van der Waals surface area contributed by atoms with E-state index in [-0.39, 0.29) is 0 Å². The van der Waals surface area contributed by atoms with Crippen LogP contribution in [0.5, 0.6) is 0 Å². The molecule has 0 aromatic carbocycles. The van der Waals surface area contributed by atoms with Gasteiger partial charge in [-0.15, -0.1) is 0 Å². The number of aromatic nitrogens is 1. The van der Waals surface area contributed by atoms with Crippen molar-refractivity contribution in [2.45, 2.75) is 13.0 Å². The fourth-order valence-corrected chi connectivity index (χ4v) is 2.75. The number of rotatable bonds is 5. The zero-order valence-electron chi connectivity index (χ0n) is 13.4. The third kappa shape index (κ3) is 4.35. The van der Waals surface area contributed by atoms with E-state index in [0.717, 1.165) is 63.1 Å². The van der Waals surface area contributed by atoms with Crippen LogP contribution in [0.2, 0.25) is 0 Å². The standard InChI is InChI=1S/C16H23N5O2/c1-17-16(18-6-4-15-3-2-11-22-15)21-9-7-20(8-10-21)13-14-5-12-23-19-14/h2-3,5,11-12H,4,6-10,13H2,1H3,(H,17,18). The SMILES string of the molecule is CN=C(NCCc1ccco1)N1CCN(Cc2ccon2)CC1. The second-order valence-electron chi connectivity index (χ2n) is 5.56. The van der Waals surface area contributed by atoms with Gasteiger partial charge in [-0.25, -0.2) is 0 Å². The first kappa shape index (κ1) is 15.6. The van der Waals surface area contributed by atoms with Gasteiger partial charge in [0.1, 0.15) is 12.0 Å². The fraction of sp³-hybridized carbons (Fsp3) is 0.500. The summed E-state index contributed by atoms with van der Waals surface area (Å²) >= 11 is 0. The van der Waals surface area contributed by atoms with E-state index in [0.29, 0.717) is 0 Å². The van der Waals surface area contributed by atoms with Crippen LogP contribution in [0.1, 0.15) is 11.5 Å². The quantitative estimate of drug-likeness (QED) is 0.660. The number of piperazine rings is 1. The number of hydrogen-bond acceptors (Lipinski definition) is 5. The van der Waals surface area contributed by atoms with Gasteiger partial charge >= 0.3 is 0 Å². The highest BCUT2D eigenvalue weighted by atomic mass is 16.5. The van der Waals surface area contributed by atoms with Gasteiger partial charge in [0.2, 0.25) is 0 Å². The Kier molecular flexibility index (Phi) is 5.31. The van der Waals surface area contributed by atoms with Gasteiger partial charge in [0.25, 0.3) is 0 Å². The summed E-state index contributed by atoms with van der Waals surface area (Å²) in [5.74, 6) is 1.95. The van der Waals surface area contributed by atoms with E-state index in [1.807, 2.05) is 25.2 Å². The van der Waals surface area contributed by atoms with Gasteiger partial charge in [-0.1, -0.05) is 5.16 Å². The molecule has 124 valence electrons. The molecule has 0 spiro atoms. The Morgan fingerprint density at radius 3 is 2.78 bits per heavy atom. The van der Waals surface area contributed by atoms with Gasteiger partial charge in [-0.2, -0.15) is 0 Å². The molecule has 1 fully saturated rings. The number of nitrogens with one attached hydrogen (secondary N) is 1. The lowest BCUT2D eigenvalue weighted by Crippen LogP contribution is -2.52. The van der Waals surface area contributed by atoms with Crippen molar-refractivity contribution in [1.29, 1.82) is 0 Å². The third-order valence-corrected chi connectivity index (χ3v) is 4.00. The lowest BCUT2D eigenvalue weighted by Gasteiger charge is -2.36. The van der Waals surface area contributed by atoms with Crippen LogP contribution in [-0.2, 0) is 13.0 Å². The molecule has 0 aliphatic carbocycles. The van der Waals surface area contributed by atoms with Gasteiger partial charge in [0, 0.05) is 58.8 Å². The van der Waals surface area contributed by atoms with Crippen molar-refractivity contribution in [2.75, 3.05) is 39.8 Å². The minimum absolute atomic E-state index is 0.819. The molecule has 1 saturated heterocycles. The first-order chi connectivity index (χ1) is 11.3. The normalized spacial score (nSPS) is 16.7. The predicted octanol–water partition coefficient (Wildman–Crippen LogP) is 1.20. The summed E-state index contributed by atoms with van der Waals surface area (Å²) in [6.45, 7) is 5.56. The molecule has 1 aliphatic heterocycles. The molecule has 2 aromatic heterocycles. The molecule has 0 amide bonds. The van der Waals surface area contributed by atoms with Crippen molar-refractivity contribution >= 4 is 5.96 Å². The van der Waals surface area contributed by atoms with E-state index in [2.05, 4.69) is 25.3 Å². The van der Waals surface area contributed by atoms with Crippen LogP contribution >= 0.6 is 0 Å². The highest BCUT2D eigenvalue weighted by molar-refractivity contribution is 5.80. The molecule has 1 N–H and O–H groups in total. The lowest BCUT2D eigenvalue weighted by atomic mass is 10.3. The van der Waals surface area contributed by atoms with Crippen molar-refractivity contribution in [1.82, 2.24) is 20.3 Å². The molecule has 0 unspecified atom stereocenters. The second-order valence-corrected chi connectivity index (χ2v) is 5.56. The number of nitrogens with zero attached hydrogens (tertiary/aromatic N) is 4. The van der Waals surface area contributed by atoms with Crippen molar-refractivity contribution < 1.29 is 8.94 Å². The Balaban J connectivity index is 1.41. The minimum Gasteiger partial charge on any atom is -0.469 e. The fourth-order valence-electron chi connectivity index (χ4n) is 2.75. The van der Waals surface area contributed by atoms with Crippen LogP contribution in [0.25, 0.3) is 0 Å². The Hall–Kier alpha value is -2.28. The van der Waals surface area contributed by atoms with Crippen molar-refractivity contribution in [2.24, 2.45) is 4.99 Å². The Labute approximate surface area is 135 Å². The Morgan fingerprint density at radius 2 is 2.13 bits per heavy atom. The number of guanidine groups is 1. The van der Waals surface area contributed by atoms with Crippen molar-refractivity contribution in [3.8, 4) is 0 Å². The zero-order valence-corrected chi connectivity index (χ0v) is 13.4. The van der Waals surface area contributed by atoms with E-state index in [1.54, 1.807) is 12.5 Å². The largest absolute Gasteiger partial charge is 0.469 e. The zero-order chi connectivity index (χ0) is 15.9. The first-order valence-corrected chi connectivity index (χ1v) is 7.95. The van der Waals surface area contributed by atoms with Crippen molar-refractivity contribution in [3.05, 3.63) is 42.2 Å². The summed E-state index contributed by atoms with van der Waals surface area (Å²) in [4.78, 5) is 9.06. The first-order valence-electron chi connectivity index (χ1n) is 7.95. The molecule has 7 heteroatoms. The molecule has 0 atom stereocenters. The summed E-state index contributed by atoms with van der Waals surface area (Å²) in [5.41, 5.74) is 0.986. The van der Waals surface area contributed by atoms with E-state index in [9.17, 15) is 0 Å². The maximum absolute atomic E-state index is 5.34. The van der Waals surface area contributed by atoms with E-state index in [4.69, 9.17) is 8.94 Å². The molecule has 7 nitrogen and oxygen atoms in total. The smallest absolute Gasteiger partial charge is 0.193 e. The van der Waals surface area contributed by atoms with Gasteiger partial charge in [-0.3, -0.25) is 9.89 Å². The molecule has 0 saturated carbocycles. The van der Waals surface area contributed by atoms with Gasteiger partial charge in [0.05, 0.1) is 12.0 Å². The highest BCUT2D eigenvalue weighted by Crippen LogP contribution is 2.07.